The highest BCUT2D eigenvalue weighted by atomic mass is 16.1. The number of nitrogens with one attached hydrogen (secondary N) is 1. The van der Waals surface area contributed by atoms with Crippen molar-refractivity contribution in [1.29, 1.82) is 0 Å². The Morgan fingerprint density at radius 1 is 1.25 bits per heavy atom. The van der Waals surface area contributed by atoms with Crippen molar-refractivity contribution < 1.29 is 4.79 Å². The van der Waals surface area contributed by atoms with Crippen LogP contribution in [0.2, 0.25) is 0 Å². The molecule has 0 unspecified atom stereocenters. The summed E-state index contributed by atoms with van der Waals surface area (Å²) in [7, 11) is 1.66. The quantitative estimate of drug-likeness (QED) is 0.804. The lowest BCUT2D eigenvalue weighted by atomic mass is 10.1. The molecule has 108 valence electrons. The number of carbonyl (C=O) groups is 1. The van der Waals surface area contributed by atoms with Crippen molar-refractivity contribution in [2.75, 3.05) is 43.9 Å². The molecule has 5 nitrogen and oxygen atoms in total. The first-order valence-corrected chi connectivity index (χ1v) is 7.29. The minimum Gasteiger partial charge on any atom is -0.399 e. The highest BCUT2D eigenvalue weighted by Gasteiger charge is 2.31. The molecule has 20 heavy (non-hydrogen) atoms. The number of hydrogen-bond acceptors (Lipinski definition) is 4. The number of nitrogens with zero attached hydrogens (tertiary/aromatic N) is 2. The van der Waals surface area contributed by atoms with Gasteiger partial charge in [0.05, 0.1) is 11.3 Å². The van der Waals surface area contributed by atoms with Crippen molar-refractivity contribution in [3.8, 4) is 0 Å². The predicted molar refractivity (Wildman–Crippen MR) is 81.1 cm³/mol. The second kappa shape index (κ2) is 5.32. The Balaban J connectivity index is 1.78. The van der Waals surface area contributed by atoms with Gasteiger partial charge in [-0.15, -0.1) is 0 Å². The van der Waals surface area contributed by atoms with E-state index in [1.807, 2.05) is 12.1 Å². The number of amides is 1. The molecular weight excluding hydrogens is 252 g/mol. The molecule has 0 radical (unpaired) electrons. The minimum absolute atomic E-state index is 0.0513. The molecule has 1 saturated heterocycles. The summed E-state index contributed by atoms with van der Waals surface area (Å²) in [5.74, 6) is -0.0513. The molecule has 0 aromatic heterocycles. The maximum atomic E-state index is 12.0. The Kier molecular flexibility index (Phi) is 3.53. The van der Waals surface area contributed by atoms with E-state index in [9.17, 15) is 4.79 Å². The number of anilines is 2. The van der Waals surface area contributed by atoms with E-state index in [-0.39, 0.29) is 5.91 Å². The SMILES string of the molecule is CNC(=O)c1ccc(N)cc1N1CCN(C2CC2)CC1. The fourth-order valence-corrected chi connectivity index (χ4v) is 2.90. The number of rotatable bonds is 3. The Morgan fingerprint density at radius 3 is 2.55 bits per heavy atom. The minimum atomic E-state index is -0.0513. The van der Waals surface area contributed by atoms with Crippen LogP contribution in [0.3, 0.4) is 0 Å². The van der Waals surface area contributed by atoms with E-state index in [1.54, 1.807) is 13.1 Å². The molecule has 1 amide bonds. The summed E-state index contributed by atoms with van der Waals surface area (Å²) in [4.78, 5) is 16.8. The fraction of sp³-hybridized carbons (Fsp3) is 0.533. The summed E-state index contributed by atoms with van der Waals surface area (Å²) in [5, 5.41) is 2.70. The zero-order valence-corrected chi connectivity index (χ0v) is 11.9. The van der Waals surface area contributed by atoms with Crippen molar-refractivity contribution >= 4 is 17.3 Å². The van der Waals surface area contributed by atoms with Crippen LogP contribution in [0.25, 0.3) is 0 Å². The molecule has 1 heterocycles. The summed E-state index contributed by atoms with van der Waals surface area (Å²) in [6.07, 6.45) is 2.70. The zero-order valence-electron chi connectivity index (χ0n) is 11.9. The normalized spacial score (nSPS) is 19.9. The molecule has 1 aliphatic heterocycles. The topological polar surface area (TPSA) is 61.6 Å². The van der Waals surface area contributed by atoms with Crippen LogP contribution in [0.15, 0.2) is 18.2 Å². The second-order valence-corrected chi connectivity index (χ2v) is 5.61. The lowest BCUT2D eigenvalue weighted by molar-refractivity contribution is 0.0963. The fourth-order valence-electron chi connectivity index (χ4n) is 2.90. The van der Waals surface area contributed by atoms with Gasteiger partial charge in [-0.25, -0.2) is 0 Å². The molecule has 3 rings (SSSR count). The third-order valence-electron chi connectivity index (χ3n) is 4.21. The van der Waals surface area contributed by atoms with Gasteiger partial charge < -0.3 is 16.0 Å². The molecule has 2 fully saturated rings. The van der Waals surface area contributed by atoms with Gasteiger partial charge in [-0.1, -0.05) is 0 Å². The van der Waals surface area contributed by atoms with Crippen LogP contribution in [0.5, 0.6) is 0 Å². The van der Waals surface area contributed by atoms with Crippen LogP contribution >= 0.6 is 0 Å². The summed E-state index contributed by atoms with van der Waals surface area (Å²) in [5.41, 5.74) is 8.27. The number of hydrogen-bond donors (Lipinski definition) is 2. The van der Waals surface area contributed by atoms with Crippen molar-refractivity contribution in [3.05, 3.63) is 23.8 Å². The van der Waals surface area contributed by atoms with Gasteiger partial charge in [-0.2, -0.15) is 0 Å². The van der Waals surface area contributed by atoms with Crippen molar-refractivity contribution in [3.63, 3.8) is 0 Å². The molecule has 1 aliphatic carbocycles. The largest absolute Gasteiger partial charge is 0.399 e. The van der Waals surface area contributed by atoms with Gasteiger partial charge in [0, 0.05) is 45.0 Å². The molecule has 0 spiro atoms. The number of carbonyl (C=O) groups excluding carboxylic acids is 1. The van der Waals surface area contributed by atoms with Gasteiger partial charge in [-0.3, -0.25) is 9.69 Å². The summed E-state index contributed by atoms with van der Waals surface area (Å²) in [6, 6.07) is 6.33. The number of nitrogen functional groups attached to an aromatic ring is 1. The van der Waals surface area contributed by atoms with Crippen molar-refractivity contribution in [2.24, 2.45) is 0 Å². The van der Waals surface area contributed by atoms with Crippen LogP contribution in [0.1, 0.15) is 23.2 Å². The molecule has 5 heteroatoms. The van der Waals surface area contributed by atoms with E-state index in [1.165, 1.54) is 12.8 Å². The van der Waals surface area contributed by atoms with E-state index in [0.29, 0.717) is 11.3 Å². The van der Waals surface area contributed by atoms with Gasteiger partial charge in [0.25, 0.3) is 5.91 Å². The highest BCUT2D eigenvalue weighted by molar-refractivity contribution is 6.00. The van der Waals surface area contributed by atoms with E-state index >= 15 is 0 Å². The van der Waals surface area contributed by atoms with Crippen molar-refractivity contribution in [2.45, 2.75) is 18.9 Å². The van der Waals surface area contributed by atoms with Crippen molar-refractivity contribution in [1.82, 2.24) is 10.2 Å². The van der Waals surface area contributed by atoms with Gasteiger partial charge in [-0.05, 0) is 31.0 Å². The molecule has 3 N–H and O–H groups in total. The third-order valence-corrected chi connectivity index (χ3v) is 4.21. The maximum absolute atomic E-state index is 12.0. The Hall–Kier alpha value is -1.75. The Bertz CT molecular complexity index is 505. The maximum Gasteiger partial charge on any atom is 0.253 e. The molecule has 0 atom stereocenters. The standard InChI is InChI=1S/C15H22N4O/c1-17-15(20)13-5-2-11(16)10-14(13)19-8-6-18(7-9-19)12-3-4-12/h2,5,10,12H,3-4,6-9,16H2,1H3,(H,17,20). The monoisotopic (exact) mass is 274 g/mol. The summed E-state index contributed by atoms with van der Waals surface area (Å²) >= 11 is 0. The van der Waals surface area contributed by atoms with Gasteiger partial charge in [0.2, 0.25) is 0 Å². The average Bonchev–Trinajstić information content (AvgIpc) is 3.31. The van der Waals surface area contributed by atoms with Gasteiger partial charge in [0.15, 0.2) is 0 Å². The zero-order chi connectivity index (χ0) is 14.1. The van der Waals surface area contributed by atoms with Crippen LogP contribution in [-0.2, 0) is 0 Å². The Morgan fingerprint density at radius 2 is 1.95 bits per heavy atom. The molecule has 1 aromatic carbocycles. The second-order valence-electron chi connectivity index (χ2n) is 5.61. The van der Waals surface area contributed by atoms with Gasteiger partial charge in [0.1, 0.15) is 0 Å². The lowest BCUT2D eigenvalue weighted by Crippen LogP contribution is -2.47. The molecule has 2 aliphatic rings. The first kappa shape index (κ1) is 13.2. The third kappa shape index (κ3) is 2.58. The number of piperazine rings is 1. The van der Waals surface area contributed by atoms with Crippen LogP contribution in [0, 0.1) is 0 Å². The molecule has 1 saturated carbocycles. The molecular formula is C15H22N4O. The van der Waals surface area contributed by atoms with Crippen LogP contribution in [-0.4, -0.2) is 50.1 Å². The van der Waals surface area contributed by atoms with Crippen LogP contribution < -0.4 is 16.0 Å². The van der Waals surface area contributed by atoms with Gasteiger partial charge >= 0.3 is 0 Å². The van der Waals surface area contributed by atoms with E-state index in [4.69, 9.17) is 5.73 Å². The van der Waals surface area contributed by atoms with Crippen LogP contribution in [0.4, 0.5) is 11.4 Å². The first-order valence-electron chi connectivity index (χ1n) is 7.29. The first-order chi connectivity index (χ1) is 9.69. The highest BCUT2D eigenvalue weighted by Crippen LogP contribution is 2.30. The summed E-state index contributed by atoms with van der Waals surface area (Å²) < 4.78 is 0. The Labute approximate surface area is 119 Å². The number of nitrogens with two attached hydrogens (primary N) is 1. The van der Waals surface area contributed by atoms with E-state index in [2.05, 4.69) is 15.1 Å². The van der Waals surface area contributed by atoms with E-state index < -0.39 is 0 Å². The van der Waals surface area contributed by atoms with E-state index in [0.717, 1.165) is 37.9 Å². The molecule has 0 bridgehead atoms. The average molecular weight is 274 g/mol. The summed E-state index contributed by atoms with van der Waals surface area (Å²) in [6.45, 7) is 4.08. The number of benzene rings is 1. The lowest BCUT2D eigenvalue weighted by Gasteiger charge is -2.37. The smallest absolute Gasteiger partial charge is 0.253 e. The molecule has 1 aromatic rings. The predicted octanol–water partition coefficient (Wildman–Crippen LogP) is 0.913.